The second kappa shape index (κ2) is 12.4. The number of piperidine rings is 2. The first-order valence-corrected chi connectivity index (χ1v) is 13.9. The molecule has 2 aliphatic heterocycles. The van der Waals surface area contributed by atoms with Crippen LogP contribution in [-0.2, 0) is 11.2 Å². The van der Waals surface area contributed by atoms with E-state index in [0.717, 1.165) is 38.8 Å². The maximum atomic E-state index is 13.8. The molecular weight excluding hydrogens is 488 g/mol. The van der Waals surface area contributed by atoms with Gasteiger partial charge in [-0.3, -0.25) is 9.59 Å². The Morgan fingerprint density at radius 1 is 0.795 bits per heavy atom. The molecule has 0 saturated carbocycles. The van der Waals surface area contributed by atoms with Crippen molar-refractivity contribution in [3.8, 4) is 11.5 Å². The minimum atomic E-state index is -0.223. The number of amides is 2. The summed E-state index contributed by atoms with van der Waals surface area (Å²) in [6.07, 6.45) is 3.85. The van der Waals surface area contributed by atoms with Gasteiger partial charge in [-0.15, -0.1) is 0 Å². The van der Waals surface area contributed by atoms with E-state index in [1.165, 1.54) is 11.1 Å². The first kappa shape index (κ1) is 26.8. The molecule has 2 fully saturated rings. The molecular formula is C33H38N2O4. The van der Waals surface area contributed by atoms with Crippen molar-refractivity contribution in [2.45, 2.75) is 31.6 Å². The zero-order valence-electron chi connectivity index (χ0n) is 22.9. The Hall–Kier alpha value is -3.80. The lowest BCUT2D eigenvalue weighted by Crippen LogP contribution is -2.50. The number of benzene rings is 3. The molecule has 6 heteroatoms. The van der Waals surface area contributed by atoms with Gasteiger partial charge in [0.1, 0.15) is 0 Å². The molecule has 0 aromatic heterocycles. The standard InChI is InChI=1S/C33H38N2O4/c1-38-30-14-13-27(21-31(30)39-2)32(36)35-22-28(26-11-7-4-8-12-26)20-29(23-35)33(37)34-17-15-25(16-18-34)19-24-9-5-3-6-10-24/h3-14,21,25,28-29H,15-20,22-23H2,1-2H3. The van der Waals surface area contributed by atoms with Crippen molar-refractivity contribution in [2.75, 3.05) is 40.4 Å². The molecule has 204 valence electrons. The fourth-order valence-corrected chi connectivity index (χ4v) is 6.13. The van der Waals surface area contributed by atoms with Crippen molar-refractivity contribution >= 4 is 11.8 Å². The van der Waals surface area contributed by atoms with Crippen molar-refractivity contribution in [1.82, 2.24) is 9.80 Å². The Bertz CT molecular complexity index is 1260. The predicted octanol–water partition coefficient (Wildman–Crippen LogP) is 5.43. The van der Waals surface area contributed by atoms with E-state index < -0.39 is 0 Å². The molecule has 2 unspecified atom stereocenters. The molecule has 6 nitrogen and oxygen atoms in total. The molecule has 39 heavy (non-hydrogen) atoms. The van der Waals surface area contributed by atoms with Crippen LogP contribution in [0.1, 0.15) is 46.7 Å². The SMILES string of the molecule is COc1ccc(C(=O)N2CC(C(=O)N3CCC(Cc4ccccc4)CC3)CC(c3ccccc3)C2)cc1OC. The van der Waals surface area contributed by atoms with Gasteiger partial charge in [0.25, 0.3) is 5.91 Å². The molecule has 2 aliphatic rings. The van der Waals surface area contributed by atoms with E-state index in [1.807, 2.05) is 28.0 Å². The molecule has 2 amide bonds. The van der Waals surface area contributed by atoms with Crippen molar-refractivity contribution in [3.05, 3.63) is 95.6 Å². The second-order valence-corrected chi connectivity index (χ2v) is 10.8. The molecule has 3 aromatic carbocycles. The Morgan fingerprint density at radius 2 is 1.46 bits per heavy atom. The highest BCUT2D eigenvalue weighted by Gasteiger charge is 2.37. The molecule has 2 saturated heterocycles. The maximum Gasteiger partial charge on any atom is 0.254 e. The lowest BCUT2D eigenvalue weighted by atomic mass is 9.83. The van der Waals surface area contributed by atoms with Gasteiger partial charge in [0.15, 0.2) is 11.5 Å². The minimum absolute atomic E-state index is 0.0871. The molecule has 2 atom stereocenters. The zero-order chi connectivity index (χ0) is 27.2. The zero-order valence-corrected chi connectivity index (χ0v) is 22.9. The van der Waals surface area contributed by atoms with Crippen molar-refractivity contribution in [2.24, 2.45) is 11.8 Å². The molecule has 5 rings (SSSR count). The smallest absolute Gasteiger partial charge is 0.254 e. The van der Waals surface area contributed by atoms with E-state index in [0.29, 0.717) is 36.1 Å². The Morgan fingerprint density at radius 3 is 2.13 bits per heavy atom. The summed E-state index contributed by atoms with van der Waals surface area (Å²) in [5.74, 6) is 1.68. The number of likely N-dealkylation sites (tertiary alicyclic amines) is 2. The highest BCUT2D eigenvalue weighted by molar-refractivity contribution is 5.95. The summed E-state index contributed by atoms with van der Waals surface area (Å²) in [7, 11) is 3.14. The Balaban J connectivity index is 1.30. The number of hydrogen-bond acceptors (Lipinski definition) is 4. The highest BCUT2D eigenvalue weighted by Crippen LogP contribution is 2.34. The van der Waals surface area contributed by atoms with Gasteiger partial charge in [0.2, 0.25) is 5.91 Å². The monoisotopic (exact) mass is 526 g/mol. The Labute approximate surface area is 231 Å². The normalized spacial score (nSPS) is 19.9. The van der Waals surface area contributed by atoms with Crippen LogP contribution in [0.3, 0.4) is 0 Å². The van der Waals surface area contributed by atoms with Gasteiger partial charge in [-0.2, -0.15) is 0 Å². The second-order valence-electron chi connectivity index (χ2n) is 10.8. The van der Waals surface area contributed by atoms with Crippen LogP contribution >= 0.6 is 0 Å². The summed E-state index contributed by atoms with van der Waals surface area (Å²) < 4.78 is 10.8. The van der Waals surface area contributed by atoms with Crippen LogP contribution in [0.4, 0.5) is 0 Å². The van der Waals surface area contributed by atoms with Crippen LogP contribution in [0.2, 0.25) is 0 Å². The van der Waals surface area contributed by atoms with E-state index in [-0.39, 0.29) is 23.7 Å². The van der Waals surface area contributed by atoms with Crippen molar-refractivity contribution in [3.63, 3.8) is 0 Å². The average molecular weight is 527 g/mol. The maximum absolute atomic E-state index is 13.8. The molecule has 0 bridgehead atoms. The van der Waals surface area contributed by atoms with Crippen LogP contribution in [0, 0.1) is 11.8 Å². The van der Waals surface area contributed by atoms with Crippen LogP contribution in [0.25, 0.3) is 0 Å². The largest absolute Gasteiger partial charge is 0.493 e. The number of rotatable bonds is 7. The molecule has 0 N–H and O–H groups in total. The van der Waals surface area contributed by atoms with Gasteiger partial charge >= 0.3 is 0 Å². The first-order valence-electron chi connectivity index (χ1n) is 13.9. The Kier molecular flexibility index (Phi) is 8.50. The summed E-state index contributed by atoms with van der Waals surface area (Å²) in [6, 6.07) is 26.1. The third-order valence-corrected chi connectivity index (χ3v) is 8.28. The van der Waals surface area contributed by atoms with E-state index >= 15 is 0 Å². The van der Waals surface area contributed by atoms with Crippen molar-refractivity contribution in [1.29, 1.82) is 0 Å². The minimum Gasteiger partial charge on any atom is -0.493 e. The van der Waals surface area contributed by atoms with Crippen LogP contribution in [0.5, 0.6) is 11.5 Å². The van der Waals surface area contributed by atoms with E-state index in [1.54, 1.807) is 32.4 Å². The van der Waals surface area contributed by atoms with Crippen LogP contribution < -0.4 is 9.47 Å². The fraction of sp³-hybridized carbons (Fsp3) is 0.394. The molecule has 3 aromatic rings. The molecule has 0 radical (unpaired) electrons. The number of ether oxygens (including phenoxy) is 2. The summed E-state index contributed by atoms with van der Waals surface area (Å²) in [4.78, 5) is 31.4. The van der Waals surface area contributed by atoms with E-state index in [2.05, 4.69) is 42.5 Å². The summed E-state index contributed by atoms with van der Waals surface area (Å²) in [5.41, 5.74) is 3.07. The van der Waals surface area contributed by atoms with E-state index in [4.69, 9.17) is 9.47 Å². The predicted molar refractivity (Wildman–Crippen MR) is 152 cm³/mol. The van der Waals surface area contributed by atoms with Gasteiger partial charge < -0.3 is 19.3 Å². The van der Waals surface area contributed by atoms with Crippen molar-refractivity contribution < 1.29 is 19.1 Å². The molecule has 2 heterocycles. The number of carbonyl (C=O) groups excluding carboxylic acids is 2. The number of methoxy groups -OCH3 is 2. The fourth-order valence-electron chi connectivity index (χ4n) is 6.13. The third-order valence-electron chi connectivity index (χ3n) is 8.28. The van der Waals surface area contributed by atoms with Gasteiger partial charge in [-0.05, 0) is 60.9 Å². The van der Waals surface area contributed by atoms with Gasteiger partial charge in [-0.25, -0.2) is 0 Å². The van der Waals surface area contributed by atoms with Gasteiger partial charge in [0.05, 0.1) is 20.1 Å². The van der Waals surface area contributed by atoms with Gasteiger partial charge in [-0.1, -0.05) is 60.7 Å². The number of carbonyl (C=O) groups is 2. The number of nitrogens with zero attached hydrogens (tertiary/aromatic N) is 2. The van der Waals surface area contributed by atoms with Crippen LogP contribution in [-0.4, -0.2) is 62.0 Å². The topological polar surface area (TPSA) is 59.1 Å². The summed E-state index contributed by atoms with van der Waals surface area (Å²) in [6.45, 7) is 2.58. The molecule has 0 aliphatic carbocycles. The highest BCUT2D eigenvalue weighted by atomic mass is 16.5. The summed E-state index contributed by atoms with van der Waals surface area (Å²) >= 11 is 0. The summed E-state index contributed by atoms with van der Waals surface area (Å²) in [5, 5.41) is 0. The van der Waals surface area contributed by atoms with Gasteiger partial charge in [0, 0.05) is 37.7 Å². The van der Waals surface area contributed by atoms with Crippen LogP contribution in [0.15, 0.2) is 78.9 Å². The third kappa shape index (κ3) is 6.27. The molecule has 0 spiro atoms. The average Bonchev–Trinajstić information content (AvgIpc) is 3.01. The first-order chi connectivity index (χ1) is 19.1. The quantitative estimate of drug-likeness (QED) is 0.412. The van der Waals surface area contributed by atoms with E-state index in [9.17, 15) is 9.59 Å². The lowest BCUT2D eigenvalue weighted by molar-refractivity contribution is -0.138. The lowest BCUT2D eigenvalue weighted by Gasteiger charge is -2.41. The number of hydrogen-bond donors (Lipinski definition) is 0.